The first kappa shape index (κ1) is 12.4. The summed E-state index contributed by atoms with van der Waals surface area (Å²) in [5.41, 5.74) is 1.88. The summed E-state index contributed by atoms with van der Waals surface area (Å²) in [4.78, 5) is 4.39. The van der Waals surface area contributed by atoms with Crippen LogP contribution in [0.3, 0.4) is 0 Å². The molecule has 0 radical (unpaired) electrons. The summed E-state index contributed by atoms with van der Waals surface area (Å²) in [6.07, 6.45) is 2.73. The number of nitrogens with one attached hydrogen (secondary N) is 1. The first-order chi connectivity index (χ1) is 9.06. The lowest BCUT2D eigenvalue weighted by Gasteiger charge is -2.37. The third-order valence-corrected chi connectivity index (χ3v) is 3.79. The van der Waals surface area contributed by atoms with Crippen molar-refractivity contribution in [1.82, 2.24) is 4.98 Å². The highest BCUT2D eigenvalue weighted by molar-refractivity contribution is 5.91. The number of hydrogen-bond donors (Lipinski definition) is 2. The lowest BCUT2D eigenvalue weighted by molar-refractivity contribution is -0.0201. The van der Waals surface area contributed by atoms with E-state index < -0.39 is 5.60 Å². The van der Waals surface area contributed by atoms with Crippen LogP contribution >= 0.6 is 0 Å². The molecule has 0 spiro atoms. The maximum absolute atomic E-state index is 13.4. The van der Waals surface area contributed by atoms with E-state index in [0.717, 1.165) is 41.5 Å². The zero-order chi connectivity index (χ0) is 13.5. The molecular formula is C15H17FN2O. The molecule has 1 saturated carbocycles. The van der Waals surface area contributed by atoms with Crippen molar-refractivity contribution in [1.29, 1.82) is 0 Å². The first-order valence-corrected chi connectivity index (χ1v) is 6.59. The summed E-state index contributed by atoms with van der Waals surface area (Å²) in [6.45, 7) is 2.41. The fourth-order valence-corrected chi connectivity index (χ4v) is 2.50. The van der Waals surface area contributed by atoms with Crippen LogP contribution in [0, 0.1) is 12.7 Å². The standard InChI is InChI=1S/C15H17FN2O/c1-10-7-14(17-9-15(19)5-2-6-15)12-8-11(16)3-4-13(12)18-10/h3-4,7-8,19H,2,5-6,9H2,1H3,(H,17,18). The second-order valence-electron chi connectivity index (χ2n) is 5.40. The van der Waals surface area contributed by atoms with Crippen molar-refractivity contribution < 1.29 is 9.50 Å². The molecule has 1 aromatic heterocycles. The van der Waals surface area contributed by atoms with Gasteiger partial charge in [-0.1, -0.05) is 0 Å². The van der Waals surface area contributed by atoms with Crippen LogP contribution < -0.4 is 5.32 Å². The average molecular weight is 260 g/mol. The number of nitrogens with zero attached hydrogens (tertiary/aromatic N) is 1. The Labute approximate surface area is 111 Å². The van der Waals surface area contributed by atoms with Gasteiger partial charge >= 0.3 is 0 Å². The molecule has 0 atom stereocenters. The summed E-state index contributed by atoms with van der Waals surface area (Å²) in [5.74, 6) is -0.274. The van der Waals surface area contributed by atoms with Gasteiger partial charge in [-0.25, -0.2) is 4.39 Å². The molecule has 3 rings (SSSR count). The van der Waals surface area contributed by atoms with Gasteiger partial charge in [0.1, 0.15) is 5.82 Å². The normalized spacial score (nSPS) is 17.2. The van der Waals surface area contributed by atoms with Gasteiger partial charge in [-0.05, 0) is 50.5 Å². The number of anilines is 1. The summed E-state index contributed by atoms with van der Waals surface area (Å²) < 4.78 is 13.4. The van der Waals surface area contributed by atoms with Crippen LogP contribution in [0.1, 0.15) is 25.0 Å². The minimum Gasteiger partial charge on any atom is -0.388 e. The molecule has 100 valence electrons. The minimum atomic E-state index is -0.600. The third kappa shape index (κ3) is 2.40. The number of hydrogen-bond acceptors (Lipinski definition) is 3. The molecule has 2 aromatic rings. The predicted octanol–water partition coefficient (Wildman–Crippen LogP) is 3.01. The van der Waals surface area contributed by atoms with E-state index in [4.69, 9.17) is 0 Å². The van der Waals surface area contributed by atoms with Gasteiger partial charge in [0, 0.05) is 23.3 Å². The van der Waals surface area contributed by atoms with Crippen LogP contribution in [-0.4, -0.2) is 22.2 Å². The molecule has 0 saturated heterocycles. The summed E-state index contributed by atoms with van der Waals surface area (Å²) >= 11 is 0. The van der Waals surface area contributed by atoms with Crippen molar-refractivity contribution in [3.63, 3.8) is 0 Å². The highest BCUT2D eigenvalue weighted by atomic mass is 19.1. The molecule has 1 aromatic carbocycles. The molecule has 0 aliphatic heterocycles. The van der Waals surface area contributed by atoms with Gasteiger partial charge in [0.15, 0.2) is 0 Å². The van der Waals surface area contributed by atoms with Crippen molar-refractivity contribution in [2.75, 3.05) is 11.9 Å². The monoisotopic (exact) mass is 260 g/mol. The second-order valence-corrected chi connectivity index (χ2v) is 5.40. The summed E-state index contributed by atoms with van der Waals surface area (Å²) in [5, 5.41) is 14.1. The van der Waals surface area contributed by atoms with Crippen LogP contribution in [0.25, 0.3) is 10.9 Å². The molecule has 4 heteroatoms. The van der Waals surface area contributed by atoms with E-state index in [1.165, 1.54) is 12.1 Å². The van der Waals surface area contributed by atoms with E-state index in [-0.39, 0.29) is 5.82 Å². The van der Waals surface area contributed by atoms with Crippen molar-refractivity contribution >= 4 is 16.6 Å². The lowest BCUT2D eigenvalue weighted by Crippen LogP contribution is -2.43. The van der Waals surface area contributed by atoms with E-state index in [1.54, 1.807) is 6.07 Å². The Kier molecular flexibility index (Phi) is 2.90. The van der Waals surface area contributed by atoms with Gasteiger partial charge in [0.2, 0.25) is 0 Å². The fraction of sp³-hybridized carbons (Fsp3) is 0.400. The van der Waals surface area contributed by atoms with Gasteiger partial charge < -0.3 is 10.4 Å². The number of aliphatic hydroxyl groups is 1. The number of benzene rings is 1. The topological polar surface area (TPSA) is 45.1 Å². The molecule has 0 bridgehead atoms. The van der Waals surface area contributed by atoms with Crippen molar-refractivity contribution in [2.45, 2.75) is 31.8 Å². The smallest absolute Gasteiger partial charge is 0.124 e. The largest absolute Gasteiger partial charge is 0.388 e. The second kappa shape index (κ2) is 4.46. The van der Waals surface area contributed by atoms with E-state index in [2.05, 4.69) is 10.3 Å². The lowest BCUT2D eigenvalue weighted by atomic mass is 9.80. The van der Waals surface area contributed by atoms with Crippen LogP contribution in [0.2, 0.25) is 0 Å². The molecule has 1 aliphatic carbocycles. The number of halogens is 1. The van der Waals surface area contributed by atoms with E-state index in [9.17, 15) is 9.50 Å². The number of aromatic nitrogens is 1. The zero-order valence-electron chi connectivity index (χ0n) is 10.9. The molecule has 2 N–H and O–H groups in total. The number of fused-ring (bicyclic) bond motifs is 1. The highest BCUT2D eigenvalue weighted by Crippen LogP contribution is 2.32. The predicted molar refractivity (Wildman–Crippen MR) is 73.7 cm³/mol. The van der Waals surface area contributed by atoms with E-state index >= 15 is 0 Å². The van der Waals surface area contributed by atoms with Gasteiger partial charge in [-0.15, -0.1) is 0 Å². The SMILES string of the molecule is Cc1cc(NCC2(O)CCC2)c2cc(F)ccc2n1. The Morgan fingerprint density at radius 3 is 2.84 bits per heavy atom. The number of rotatable bonds is 3. The Morgan fingerprint density at radius 1 is 1.37 bits per heavy atom. The van der Waals surface area contributed by atoms with Gasteiger partial charge in [-0.2, -0.15) is 0 Å². The van der Waals surface area contributed by atoms with E-state index in [0.29, 0.717) is 6.54 Å². The zero-order valence-corrected chi connectivity index (χ0v) is 10.9. The maximum Gasteiger partial charge on any atom is 0.124 e. The Balaban J connectivity index is 1.94. The summed E-state index contributed by atoms with van der Waals surface area (Å²) in [6, 6.07) is 6.47. The summed E-state index contributed by atoms with van der Waals surface area (Å²) in [7, 11) is 0. The third-order valence-electron chi connectivity index (χ3n) is 3.79. The number of pyridine rings is 1. The minimum absolute atomic E-state index is 0.274. The van der Waals surface area contributed by atoms with Crippen LogP contribution in [0.4, 0.5) is 10.1 Å². The molecule has 1 heterocycles. The average Bonchev–Trinajstić information content (AvgIpc) is 2.34. The molecule has 1 aliphatic rings. The Morgan fingerprint density at radius 2 is 2.16 bits per heavy atom. The molecule has 1 fully saturated rings. The van der Waals surface area contributed by atoms with E-state index in [1.807, 2.05) is 13.0 Å². The fourth-order valence-electron chi connectivity index (χ4n) is 2.50. The van der Waals surface area contributed by atoms with Crippen molar-refractivity contribution in [3.8, 4) is 0 Å². The van der Waals surface area contributed by atoms with Gasteiger partial charge in [0.05, 0.1) is 11.1 Å². The molecule has 19 heavy (non-hydrogen) atoms. The number of aryl methyl sites for hydroxylation is 1. The quantitative estimate of drug-likeness (QED) is 0.891. The highest BCUT2D eigenvalue weighted by Gasteiger charge is 2.34. The van der Waals surface area contributed by atoms with Gasteiger partial charge in [-0.3, -0.25) is 4.98 Å². The van der Waals surface area contributed by atoms with Crippen LogP contribution in [-0.2, 0) is 0 Å². The Bertz CT molecular complexity index is 623. The van der Waals surface area contributed by atoms with Crippen LogP contribution in [0.5, 0.6) is 0 Å². The maximum atomic E-state index is 13.4. The molecule has 0 unspecified atom stereocenters. The molecule has 0 amide bonds. The van der Waals surface area contributed by atoms with Crippen molar-refractivity contribution in [3.05, 3.63) is 35.8 Å². The molecular weight excluding hydrogens is 243 g/mol. The van der Waals surface area contributed by atoms with Gasteiger partial charge in [0.25, 0.3) is 0 Å². The first-order valence-electron chi connectivity index (χ1n) is 6.59. The van der Waals surface area contributed by atoms with Crippen molar-refractivity contribution in [2.24, 2.45) is 0 Å². The van der Waals surface area contributed by atoms with Crippen LogP contribution in [0.15, 0.2) is 24.3 Å². The molecule has 3 nitrogen and oxygen atoms in total. The Hall–Kier alpha value is -1.68.